The van der Waals surface area contributed by atoms with Crippen LogP contribution in [0.5, 0.6) is 5.75 Å². The fourth-order valence-corrected chi connectivity index (χ4v) is 5.44. The van der Waals surface area contributed by atoms with E-state index < -0.39 is 0 Å². The number of ether oxygens (including phenoxy) is 1. The fourth-order valence-electron chi connectivity index (χ4n) is 5.44. The molecular formula is C29H31N5O3. The van der Waals surface area contributed by atoms with Gasteiger partial charge < -0.3 is 25.8 Å². The van der Waals surface area contributed by atoms with Crippen molar-refractivity contribution in [3.8, 4) is 17.6 Å². The third-order valence-corrected chi connectivity index (χ3v) is 7.47. The normalized spacial score (nSPS) is 17.6. The first-order valence-corrected chi connectivity index (χ1v) is 12.5. The molecule has 0 radical (unpaired) electrons. The van der Waals surface area contributed by atoms with Crippen molar-refractivity contribution in [3.05, 3.63) is 82.8 Å². The van der Waals surface area contributed by atoms with Crippen LogP contribution in [-0.4, -0.2) is 47.7 Å². The van der Waals surface area contributed by atoms with Gasteiger partial charge in [0.2, 0.25) is 0 Å². The monoisotopic (exact) mass is 497 g/mol. The first kappa shape index (κ1) is 24.8. The van der Waals surface area contributed by atoms with Crippen molar-refractivity contribution in [3.63, 3.8) is 0 Å². The first-order valence-electron chi connectivity index (χ1n) is 12.5. The number of nitrogens with one attached hydrogen (secondary N) is 1. The van der Waals surface area contributed by atoms with Crippen molar-refractivity contribution in [1.29, 1.82) is 0 Å². The van der Waals surface area contributed by atoms with E-state index >= 15 is 0 Å². The van der Waals surface area contributed by atoms with E-state index in [2.05, 4.69) is 56.3 Å². The lowest BCUT2D eigenvalue weighted by Gasteiger charge is -2.42. The Labute approximate surface area is 216 Å². The molecule has 1 aliphatic heterocycles. The molecule has 2 heterocycles. The Balaban J connectivity index is 1.21. The molecule has 37 heavy (non-hydrogen) atoms. The molecule has 3 aromatic rings. The van der Waals surface area contributed by atoms with E-state index in [0.29, 0.717) is 28.5 Å². The molecule has 8 nitrogen and oxygen atoms in total. The lowest BCUT2D eigenvalue weighted by molar-refractivity contribution is 0.0962. The summed E-state index contributed by atoms with van der Waals surface area (Å²) >= 11 is 0. The van der Waals surface area contributed by atoms with Crippen LogP contribution in [0.15, 0.2) is 54.7 Å². The Morgan fingerprint density at radius 1 is 1.24 bits per heavy atom. The Bertz CT molecular complexity index is 1350. The predicted molar refractivity (Wildman–Crippen MR) is 141 cm³/mol. The predicted octanol–water partition coefficient (Wildman–Crippen LogP) is 2.60. The number of aliphatic hydroxyl groups excluding tert-OH is 1. The molecular weight excluding hydrogens is 466 g/mol. The van der Waals surface area contributed by atoms with Crippen LogP contribution in [0.25, 0.3) is 0 Å². The first-order chi connectivity index (χ1) is 18.0. The quantitative estimate of drug-likeness (QED) is 0.465. The van der Waals surface area contributed by atoms with Gasteiger partial charge in [0.05, 0.1) is 12.8 Å². The van der Waals surface area contributed by atoms with Gasteiger partial charge in [-0.2, -0.15) is 0 Å². The number of rotatable bonds is 5. The Morgan fingerprint density at radius 3 is 2.81 bits per heavy atom. The van der Waals surface area contributed by atoms with Gasteiger partial charge in [-0.05, 0) is 59.9 Å². The third kappa shape index (κ3) is 5.01. The number of hydrogen-bond donors (Lipinski definition) is 3. The van der Waals surface area contributed by atoms with Gasteiger partial charge in [0.15, 0.2) is 5.82 Å². The van der Waals surface area contributed by atoms with Crippen LogP contribution in [-0.2, 0) is 13.0 Å². The molecule has 1 aromatic heterocycles. The Kier molecular flexibility index (Phi) is 7.08. The molecule has 1 fully saturated rings. The van der Waals surface area contributed by atoms with E-state index in [-0.39, 0.29) is 30.6 Å². The topological polar surface area (TPSA) is 114 Å². The second-order valence-electron chi connectivity index (χ2n) is 9.58. The second-order valence-corrected chi connectivity index (χ2v) is 9.58. The van der Waals surface area contributed by atoms with Gasteiger partial charge >= 0.3 is 0 Å². The SMILES string of the molecule is CNC(=O)c1cccc(OCC#Cc2cnc(N3CCC4(CC3)Cc3ccccc3C4N)c(CO)n2)c1. The lowest BCUT2D eigenvalue weighted by Crippen LogP contribution is -2.45. The number of benzene rings is 2. The number of piperidine rings is 1. The summed E-state index contributed by atoms with van der Waals surface area (Å²) in [6.45, 7) is 1.55. The van der Waals surface area contributed by atoms with Gasteiger partial charge in [0, 0.05) is 31.7 Å². The van der Waals surface area contributed by atoms with Crippen LogP contribution in [0.2, 0.25) is 0 Å². The molecule has 1 saturated heterocycles. The van der Waals surface area contributed by atoms with Gasteiger partial charge in [-0.25, -0.2) is 9.97 Å². The molecule has 8 heteroatoms. The number of nitrogens with two attached hydrogens (primary N) is 1. The van der Waals surface area contributed by atoms with Crippen LogP contribution in [0.3, 0.4) is 0 Å². The minimum Gasteiger partial charge on any atom is -0.481 e. The summed E-state index contributed by atoms with van der Waals surface area (Å²) < 4.78 is 5.65. The highest BCUT2D eigenvalue weighted by Crippen LogP contribution is 2.50. The molecule has 4 N–H and O–H groups in total. The van der Waals surface area contributed by atoms with Crippen molar-refractivity contribution in [1.82, 2.24) is 15.3 Å². The molecule has 2 aromatic carbocycles. The molecule has 5 rings (SSSR count). The Hall–Kier alpha value is -3.93. The highest BCUT2D eigenvalue weighted by atomic mass is 16.5. The van der Waals surface area contributed by atoms with E-state index in [0.717, 1.165) is 32.4 Å². The zero-order chi connectivity index (χ0) is 25.8. The number of carbonyl (C=O) groups is 1. The minimum atomic E-state index is -0.215. The van der Waals surface area contributed by atoms with E-state index in [1.165, 1.54) is 11.1 Å². The zero-order valence-electron chi connectivity index (χ0n) is 20.9. The largest absolute Gasteiger partial charge is 0.481 e. The Morgan fingerprint density at radius 2 is 2.05 bits per heavy atom. The van der Waals surface area contributed by atoms with Crippen molar-refractivity contribution in [2.45, 2.75) is 31.9 Å². The molecule has 0 saturated carbocycles. The van der Waals surface area contributed by atoms with Crippen molar-refractivity contribution >= 4 is 11.7 Å². The molecule has 1 atom stereocenters. The van der Waals surface area contributed by atoms with Crippen molar-refractivity contribution < 1.29 is 14.6 Å². The van der Waals surface area contributed by atoms with E-state index in [4.69, 9.17) is 10.5 Å². The zero-order valence-corrected chi connectivity index (χ0v) is 20.9. The van der Waals surface area contributed by atoms with Crippen LogP contribution in [0.1, 0.15) is 51.8 Å². The van der Waals surface area contributed by atoms with Gasteiger partial charge in [-0.15, -0.1) is 0 Å². The third-order valence-electron chi connectivity index (χ3n) is 7.47. The number of carbonyl (C=O) groups excluding carboxylic acids is 1. The maximum absolute atomic E-state index is 11.8. The maximum atomic E-state index is 11.8. The summed E-state index contributed by atoms with van der Waals surface area (Å²) in [6, 6.07) is 15.5. The standard InChI is InChI=1S/C29H31N5O3/c1-31-28(36)20-7-4-9-23(16-20)37-15-5-8-22-18-32-27(25(19-35)33-22)34-13-11-29(12-14-34)17-21-6-2-3-10-24(21)26(29)30/h2-4,6-7,9-10,16,18,26,35H,11-15,17,19,30H2,1H3,(H,31,36). The average molecular weight is 498 g/mol. The number of aliphatic hydroxyl groups is 1. The van der Waals surface area contributed by atoms with Gasteiger partial charge in [-0.1, -0.05) is 36.3 Å². The summed E-state index contributed by atoms with van der Waals surface area (Å²) in [5, 5.41) is 12.6. The summed E-state index contributed by atoms with van der Waals surface area (Å²) in [4.78, 5) is 23.1. The number of aromatic nitrogens is 2. The van der Waals surface area contributed by atoms with Gasteiger partial charge in [0.1, 0.15) is 23.7 Å². The van der Waals surface area contributed by atoms with E-state index in [1.54, 1.807) is 37.5 Å². The minimum absolute atomic E-state index is 0.0559. The number of fused-ring (bicyclic) bond motifs is 1. The van der Waals surface area contributed by atoms with E-state index in [9.17, 15) is 9.90 Å². The molecule has 190 valence electrons. The van der Waals surface area contributed by atoms with Crippen molar-refractivity contribution in [2.24, 2.45) is 11.1 Å². The molecule has 1 unspecified atom stereocenters. The van der Waals surface area contributed by atoms with Crippen molar-refractivity contribution in [2.75, 3.05) is 31.6 Å². The molecule has 0 bridgehead atoms. The number of hydrogen-bond acceptors (Lipinski definition) is 7. The van der Waals surface area contributed by atoms with Gasteiger partial charge in [0.25, 0.3) is 5.91 Å². The summed E-state index contributed by atoms with van der Waals surface area (Å²) in [6.07, 6.45) is 4.59. The highest BCUT2D eigenvalue weighted by Gasteiger charge is 2.46. The lowest BCUT2D eigenvalue weighted by atomic mass is 9.73. The molecule has 1 aliphatic carbocycles. The highest BCUT2D eigenvalue weighted by molar-refractivity contribution is 5.94. The number of nitrogens with zero attached hydrogens (tertiary/aromatic N) is 3. The molecule has 1 amide bonds. The average Bonchev–Trinajstić information content (AvgIpc) is 3.22. The van der Waals surface area contributed by atoms with Crippen LogP contribution in [0, 0.1) is 17.3 Å². The number of amides is 1. The summed E-state index contributed by atoms with van der Waals surface area (Å²) in [7, 11) is 1.58. The second kappa shape index (κ2) is 10.6. The van der Waals surface area contributed by atoms with Gasteiger partial charge in [-0.3, -0.25) is 4.79 Å². The maximum Gasteiger partial charge on any atom is 0.251 e. The summed E-state index contributed by atoms with van der Waals surface area (Å²) in [5.74, 6) is 6.96. The smallest absolute Gasteiger partial charge is 0.251 e. The summed E-state index contributed by atoms with van der Waals surface area (Å²) in [5.41, 5.74) is 10.9. The molecule has 1 spiro atoms. The molecule has 2 aliphatic rings. The van der Waals surface area contributed by atoms with Crippen LogP contribution >= 0.6 is 0 Å². The number of anilines is 1. The van der Waals surface area contributed by atoms with E-state index in [1.807, 2.05) is 0 Å². The van der Waals surface area contributed by atoms with Crippen LogP contribution < -0.4 is 20.7 Å². The van der Waals surface area contributed by atoms with Crippen LogP contribution in [0.4, 0.5) is 5.82 Å². The fraction of sp³-hybridized carbons (Fsp3) is 0.345.